The lowest BCUT2D eigenvalue weighted by Crippen LogP contribution is -2.09. The van der Waals surface area contributed by atoms with Crippen LogP contribution < -0.4 is 15.0 Å². The summed E-state index contributed by atoms with van der Waals surface area (Å²) < 4.78 is 6.23. The molecule has 0 saturated carbocycles. The lowest BCUT2D eigenvalue weighted by Gasteiger charge is -2.14. The summed E-state index contributed by atoms with van der Waals surface area (Å²) >= 11 is 5.21. The quantitative estimate of drug-likeness (QED) is 0.619. The summed E-state index contributed by atoms with van der Waals surface area (Å²) in [6.07, 6.45) is 0. The van der Waals surface area contributed by atoms with E-state index >= 15 is 0 Å². The van der Waals surface area contributed by atoms with Gasteiger partial charge in [-0.25, -0.2) is 4.98 Å². The number of hydrogen-bond acceptors (Lipinski definition) is 5. The van der Waals surface area contributed by atoms with Gasteiger partial charge in [0, 0.05) is 35.2 Å². The molecule has 3 aromatic rings. The largest absolute Gasteiger partial charge is 0.497 e. The molecular weight excluding hydrogens is 386 g/mol. The second kappa shape index (κ2) is 7.23. The van der Waals surface area contributed by atoms with Gasteiger partial charge in [-0.1, -0.05) is 6.07 Å². The van der Waals surface area contributed by atoms with Gasteiger partial charge in [-0.2, -0.15) is 0 Å². The Morgan fingerprint density at radius 2 is 1.88 bits per heavy atom. The topological polar surface area (TPSA) is 37.4 Å². The van der Waals surface area contributed by atoms with Crippen molar-refractivity contribution in [3.63, 3.8) is 0 Å². The number of benzene rings is 2. The Labute approximate surface area is 154 Å². The van der Waals surface area contributed by atoms with E-state index in [0.29, 0.717) is 0 Å². The van der Waals surface area contributed by atoms with Crippen LogP contribution >= 0.6 is 27.3 Å². The molecule has 124 valence electrons. The maximum absolute atomic E-state index is 5.17. The van der Waals surface area contributed by atoms with Gasteiger partial charge in [0.15, 0.2) is 5.13 Å². The number of nitrogens with one attached hydrogen (secondary N) is 1. The number of methoxy groups -OCH3 is 1. The third-order valence-electron chi connectivity index (χ3n) is 3.57. The van der Waals surface area contributed by atoms with E-state index in [0.717, 1.165) is 38.0 Å². The summed E-state index contributed by atoms with van der Waals surface area (Å²) in [6.45, 7) is 0. The molecule has 4 nitrogen and oxygen atoms in total. The van der Waals surface area contributed by atoms with Crippen molar-refractivity contribution >= 4 is 43.8 Å². The number of thiazole rings is 1. The molecule has 0 fully saturated rings. The molecule has 0 bridgehead atoms. The van der Waals surface area contributed by atoms with Gasteiger partial charge >= 0.3 is 0 Å². The first-order chi connectivity index (χ1) is 11.6. The standard InChI is InChI=1S/C18H18BrN3OS/c1-22(2)17-9-4-12(10-15(17)19)16-11-24-18(21-16)20-13-5-7-14(23-3)8-6-13/h4-11H,1-3H3,(H,20,21). The van der Waals surface area contributed by atoms with Crippen LogP contribution in [0.1, 0.15) is 0 Å². The van der Waals surface area contributed by atoms with Crippen LogP contribution in [0.25, 0.3) is 11.3 Å². The second-order valence-electron chi connectivity index (χ2n) is 5.45. The van der Waals surface area contributed by atoms with E-state index in [2.05, 4.69) is 54.7 Å². The van der Waals surface area contributed by atoms with Gasteiger partial charge in [-0.15, -0.1) is 11.3 Å². The Bertz CT molecular complexity index is 831. The molecule has 1 N–H and O–H groups in total. The summed E-state index contributed by atoms with van der Waals surface area (Å²) in [6, 6.07) is 14.1. The number of anilines is 3. The van der Waals surface area contributed by atoms with E-state index in [1.807, 2.05) is 38.4 Å². The molecule has 1 heterocycles. The Balaban J connectivity index is 1.78. The van der Waals surface area contributed by atoms with Crippen molar-refractivity contribution in [2.75, 3.05) is 31.4 Å². The van der Waals surface area contributed by atoms with E-state index in [-0.39, 0.29) is 0 Å². The fourth-order valence-electron chi connectivity index (χ4n) is 2.29. The molecule has 0 spiro atoms. The highest BCUT2D eigenvalue weighted by molar-refractivity contribution is 9.10. The minimum absolute atomic E-state index is 0.839. The minimum atomic E-state index is 0.839. The molecule has 0 saturated heterocycles. The molecule has 0 radical (unpaired) electrons. The van der Waals surface area contributed by atoms with Crippen molar-refractivity contribution in [2.45, 2.75) is 0 Å². The first-order valence-corrected chi connectivity index (χ1v) is 9.08. The Kier molecular flexibility index (Phi) is 5.06. The Morgan fingerprint density at radius 3 is 2.50 bits per heavy atom. The monoisotopic (exact) mass is 403 g/mol. The molecule has 1 aromatic heterocycles. The maximum atomic E-state index is 5.17. The molecule has 0 aliphatic heterocycles. The first kappa shape index (κ1) is 16.8. The molecular formula is C18H18BrN3OS. The SMILES string of the molecule is COc1ccc(Nc2nc(-c3ccc(N(C)C)c(Br)c3)cs2)cc1. The summed E-state index contributed by atoms with van der Waals surface area (Å²) in [5.74, 6) is 0.839. The van der Waals surface area contributed by atoms with Crippen molar-refractivity contribution in [1.29, 1.82) is 0 Å². The van der Waals surface area contributed by atoms with Crippen LogP contribution in [0.15, 0.2) is 52.3 Å². The number of halogens is 1. The predicted octanol–water partition coefficient (Wildman–Crippen LogP) is 5.39. The molecule has 0 amide bonds. The number of ether oxygens (including phenoxy) is 1. The third kappa shape index (κ3) is 3.71. The number of aromatic nitrogens is 1. The van der Waals surface area contributed by atoms with E-state index in [1.54, 1.807) is 18.4 Å². The van der Waals surface area contributed by atoms with Gasteiger partial charge in [0.05, 0.1) is 18.5 Å². The Hall–Kier alpha value is -2.05. The first-order valence-electron chi connectivity index (χ1n) is 7.40. The number of nitrogens with zero attached hydrogens (tertiary/aromatic N) is 2. The van der Waals surface area contributed by atoms with E-state index in [9.17, 15) is 0 Å². The van der Waals surface area contributed by atoms with Crippen LogP contribution in [0.5, 0.6) is 5.75 Å². The highest BCUT2D eigenvalue weighted by atomic mass is 79.9. The minimum Gasteiger partial charge on any atom is -0.497 e. The number of hydrogen-bond donors (Lipinski definition) is 1. The van der Waals surface area contributed by atoms with Crippen LogP contribution in [-0.4, -0.2) is 26.2 Å². The molecule has 0 aliphatic carbocycles. The fourth-order valence-corrected chi connectivity index (χ4v) is 3.76. The van der Waals surface area contributed by atoms with E-state index in [1.165, 1.54) is 0 Å². The summed E-state index contributed by atoms with van der Waals surface area (Å²) in [5, 5.41) is 6.24. The maximum Gasteiger partial charge on any atom is 0.187 e. The summed E-state index contributed by atoms with van der Waals surface area (Å²) in [7, 11) is 5.72. The highest BCUT2D eigenvalue weighted by Gasteiger charge is 2.08. The van der Waals surface area contributed by atoms with Gasteiger partial charge in [-0.05, 0) is 52.3 Å². The fraction of sp³-hybridized carbons (Fsp3) is 0.167. The van der Waals surface area contributed by atoms with Crippen LogP contribution in [0.2, 0.25) is 0 Å². The molecule has 24 heavy (non-hydrogen) atoms. The smallest absolute Gasteiger partial charge is 0.187 e. The number of rotatable bonds is 5. The van der Waals surface area contributed by atoms with Crippen molar-refractivity contribution in [3.05, 3.63) is 52.3 Å². The van der Waals surface area contributed by atoms with Crippen molar-refractivity contribution in [1.82, 2.24) is 4.98 Å². The zero-order chi connectivity index (χ0) is 17.1. The molecule has 2 aromatic carbocycles. The van der Waals surface area contributed by atoms with Crippen LogP contribution in [-0.2, 0) is 0 Å². The Morgan fingerprint density at radius 1 is 1.12 bits per heavy atom. The van der Waals surface area contributed by atoms with Crippen molar-refractivity contribution in [3.8, 4) is 17.0 Å². The lowest BCUT2D eigenvalue weighted by atomic mass is 10.1. The summed E-state index contributed by atoms with van der Waals surface area (Å²) in [4.78, 5) is 6.75. The normalized spacial score (nSPS) is 10.5. The van der Waals surface area contributed by atoms with Gasteiger partial charge < -0.3 is 15.0 Å². The van der Waals surface area contributed by atoms with E-state index in [4.69, 9.17) is 4.74 Å². The predicted molar refractivity (Wildman–Crippen MR) is 106 cm³/mol. The average molecular weight is 404 g/mol. The molecule has 3 rings (SSSR count). The third-order valence-corrected chi connectivity index (χ3v) is 4.96. The van der Waals surface area contributed by atoms with Gasteiger partial charge in [0.2, 0.25) is 0 Å². The summed E-state index contributed by atoms with van der Waals surface area (Å²) in [5.41, 5.74) is 4.18. The van der Waals surface area contributed by atoms with Gasteiger partial charge in [0.25, 0.3) is 0 Å². The zero-order valence-corrected chi connectivity index (χ0v) is 16.1. The van der Waals surface area contributed by atoms with Crippen LogP contribution in [0, 0.1) is 0 Å². The zero-order valence-electron chi connectivity index (χ0n) is 13.7. The van der Waals surface area contributed by atoms with Crippen molar-refractivity contribution in [2.24, 2.45) is 0 Å². The lowest BCUT2D eigenvalue weighted by molar-refractivity contribution is 0.415. The molecule has 0 aliphatic rings. The highest BCUT2D eigenvalue weighted by Crippen LogP contribution is 2.32. The average Bonchev–Trinajstić information content (AvgIpc) is 3.03. The second-order valence-corrected chi connectivity index (χ2v) is 7.16. The van der Waals surface area contributed by atoms with Gasteiger partial charge in [0.1, 0.15) is 5.75 Å². The van der Waals surface area contributed by atoms with Crippen molar-refractivity contribution < 1.29 is 4.74 Å². The van der Waals surface area contributed by atoms with Crippen LogP contribution in [0.3, 0.4) is 0 Å². The molecule has 0 unspecified atom stereocenters. The van der Waals surface area contributed by atoms with Gasteiger partial charge in [-0.3, -0.25) is 0 Å². The van der Waals surface area contributed by atoms with Crippen LogP contribution in [0.4, 0.5) is 16.5 Å². The molecule has 0 atom stereocenters. The molecule has 6 heteroatoms. The van der Waals surface area contributed by atoms with E-state index < -0.39 is 0 Å².